The van der Waals surface area contributed by atoms with Gasteiger partial charge in [-0.05, 0) is 42.5 Å². The van der Waals surface area contributed by atoms with Crippen LogP contribution < -0.4 is 9.47 Å². The van der Waals surface area contributed by atoms with Crippen LogP contribution in [0.25, 0.3) is 0 Å². The third-order valence-corrected chi connectivity index (χ3v) is 7.55. The van der Waals surface area contributed by atoms with Crippen molar-refractivity contribution in [2.75, 3.05) is 26.9 Å². The molecule has 2 aliphatic heterocycles. The fourth-order valence-electron chi connectivity index (χ4n) is 5.41. The van der Waals surface area contributed by atoms with E-state index in [-0.39, 0.29) is 31.6 Å². The molecule has 1 unspecified atom stereocenters. The van der Waals surface area contributed by atoms with Crippen molar-refractivity contribution in [2.24, 2.45) is 0 Å². The second-order valence-corrected chi connectivity index (χ2v) is 10.2. The third kappa shape index (κ3) is 6.72. The van der Waals surface area contributed by atoms with E-state index in [0.717, 1.165) is 22.3 Å². The van der Waals surface area contributed by atoms with Crippen molar-refractivity contribution in [3.05, 3.63) is 95.1 Å². The lowest BCUT2D eigenvalue weighted by molar-refractivity contribution is -0.165. The largest absolute Gasteiger partial charge is 0.493 e. The zero-order valence-corrected chi connectivity index (χ0v) is 23.6. The lowest BCUT2D eigenvalue weighted by Crippen LogP contribution is -2.51. The smallest absolute Gasteiger partial charge is 0.329 e. The van der Waals surface area contributed by atoms with Crippen LogP contribution in [0.4, 0.5) is 0 Å². The molecule has 8 nitrogen and oxygen atoms in total. The number of benzene rings is 3. The maximum Gasteiger partial charge on any atom is 0.329 e. The Morgan fingerprint density at radius 3 is 2.37 bits per heavy atom. The van der Waals surface area contributed by atoms with Crippen LogP contribution in [0, 0.1) is 0 Å². The van der Waals surface area contributed by atoms with E-state index in [4.69, 9.17) is 23.7 Å². The van der Waals surface area contributed by atoms with Gasteiger partial charge in [0.2, 0.25) is 0 Å². The molecule has 0 saturated carbocycles. The molecule has 1 amide bonds. The molecule has 41 heavy (non-hydrogen) atoms. The highest BCUT2D eigenvalue weighted by molar-refractivity contribution is 5.89. The number of hydrogen-bond acceptors (Lipinski definition) is 7. The molecule has 0 aromatic heterocycles. The number of nitrogens with zero attached hydrogens (tertiary/aromatic N) is 1. The number of carbonyl (C=O) groups is 2. The summed E-state index contributed by atoms with van der Waals surface area (Å²) < 4.78 is 29.4. The highest BCUT2D eigenvalue weighted by Gasteiger charge is 2.41. The Hall–Kier alpha value is -3.88. The summed E-state index contributed by atoms with van der Waals surface area (Å²) in [6, 6.07) is 22.3. The van der Waals surface area contributed by atoms with Crippen molar-refractivity contribution >= 4 is 11.9 Å². The van der Waals surface area contributed by atoms with Crippen molar-refractivity contribution in [3.8, 4) is 11.5 Å². The number of rotatable bonds is 10. The summed E-state index contributed by atoms with van der Waals surface area (Å²) >= 11 is 0. The molecule has 2 heterocycles. The SMILES string of the molecule is CCOC(=O)[C@@H]1Cc2c(ccc(OC)c2OCc2ccccc2)CN1C(=O)C(OC1CCOCC1)c1ccccc1. The molecule has 3 aromatic rings. The Bertz CT molecular complexity index is 1310. The van der Waals surface area contributed by atoms with Crippen LogP contribution in [0.15, 0.2) is 72.8 Å². The minimum absolute atomic E-state index is 0.113. The molecule has 0 N–H and O–H groups in total. The van der Waals surface area contributed by atoms with Crippen molar-refractivity contribution < 1.29 is 33.3 Å². The van der Waals surface area contributed by atoms with E-state index >= 15 is 0 Å². The van der Waals surface area contributed by atoms with E-state index in [1.165, 1.54) is 0 Å². The molecule has 0 aliphatic carbocycles. The van der Waals surface area contributed by atoms with Gasteiger partial charge in [0.1, 0.15) is 12.6 Å². The second kappa shape index (κ2) is 13.7. The summed E-state index contributed by atoms with van der Waals surface area (Å²) in [7, 11) is 1.59. The molecule has 216 valence electrons. The molecule has 3 aromatic carbocycles. The number of hydrogen-bond donors (Lipinski definition) is 0. The minimum Gasteiger partial charge on any atom is -0.493 e. The van der Waals surface area contributed by atoms with Gasteiger partial charge < -0.3 is 28.6 Å². The topological polar surface area (TPSA) is 83.5 Å². The Morgan fingerprint density at radius 1 is 0.976 bits per heavy atom. The number of ether oxygens (including phenoxy) is 5. The average molecular weight is 560 g/mol. The van der Waals surface area contributed by atoms with E-state index in [2.05, 4.69) is 0 Å². The monoisotopic (exact) mass is 559 g/mol. The standard InChI is InChI=1S/C33H37NO7/c1-3-39-33(36)28-20-27-25(14-15-29(37-2)31(27)40-22-23-10-6-4-7-11-23)21-34(28)32(35)30(24-12-8-5-9-13-24)41-26-16-18-38-19-17-26/h4-15,26,28,30H,3,16-22H2,1-2H3/t28-,30?/m0/s1. The van der Waals surface area contributed by atoms with E-state index in [0.29, 0.717) is 44.2 Å². The van der Waals surface area contributed by atoms with E-state index in [1.807, 2.05) is 72.8 Å². The van der Waals surface area contributed by atoms with E-state index in [9.17, 15) is 9.59 Å². The molecule has 2 aliphatic rings. The number of methoxy groups -OCH3 is 1. The van der Waals surface area contributed by atoms with Gasteiger partial charge >= 0.3 is 5.97 Å². The number of carbonyl (C=O) groups excluding carboxylic acids is 2. The molecule has 5 rings (SSSR count). The highest BCUT2D eigenvalue weighted by Crippen LogP contribution is 2.40. The zero-order valence-electron chi connectivity index (χ0n) is 23.6. The van der Waals surface area contributed by atoms with Gasteiger partial charge in [-0.3, -0.25) is 4.79 Å². The van der Waals surface area contributed by atoms with Gasteiger partial charge in [0.15, 0.2) is 17.6 Å². The van der Waals surface area contributed by atoms with Gasteiger partial charge in [-0.1, -0.05) is 66.7 Å². The average Bonchev–Trinajstić information content (AvgIpc) is 3.03. The Balaban J connectivity index is 1.48. The normalized spacial score (nSPS) is 17.8. The summed E-state index contributed by atoms with van der Waals surface area (Å²) in [6.45, 7) is 3.71. The lowest BCUT2D eigenvalue weighted by Gasteiger charge is -2.39. The first-order chi connectivity index (χ1) is 20.1. The Kier molecular flexibility index (Phi) is 9.54. The summed E-state index contributed by atoms with van der Waals surface area (Å²) in [5.74, 6) is 0.426. The predicted octanol–water partition coefficient (Wildman–Crippen LogP) is 5.03. The molecule has 1 fully saturated rings. The minimum atomic E-state index is -0.857. The fourth-order valence-corrected chi connectivity index (χ4v) is 5.41. The molecule has 1 saturated heterocycles. The van der Waals surface area contributed by atoms with Gasteiger partial charge in [0, 0.05) is 31.7 Å². The van der Waals surface area contributed by atoms with Crippen molar-refractivity contribution in [1.82, 2.24) is 4.90 Å². The van der Waals surface area contributed by atoms with Gasteiger partial charge in [-0.2, -0.15) is 0 Å². The van der Waals surface area contributed by atoms with Gasteiger partial charge in [-0.15, -0.1) is 0 Å². The van der Waals surface area contributed by atoms with Crippen molar-refractivity contribution in [2.45, 2.75) is 57.6 Å². The quantitative estimate of drug-likeness (QED) is 0.322. The maximum atomic E-state index is 14.3. The molecular weight excluding hydrogens is 522 g/mol. The van der Waals surface area contributed by atoms with Crippen LogP contribution in [0.3, 0.4) is 0 Å². The third-order valence-electron chi connectivity index (χ3n) is 7.55. The first kappa shape index (κ1) is 28.6. The Morgan fingerprint density at radius 2 is 1.68 bits per heavy atom. The van der Waals surface area contributed by atoms with Crippen LogP contribution in [0.5, 0.6) is 11.5 Å². The molecule has 8 heteroatoms. The number of esters is 1. The zero-order chi connectivity index (χ0) is 28.6. The molecule has 0 bridgehead atoms. The summed E-state index contributed by atoms with van der Waals surface area (Å²) in [5, 5.41) is 0. The first-order valence-corrected chi connectivity index (χ1v) is 14.2. The van der Waals surface area contributed by atoms with Crippen molar-refractivity contribution in [1.29, 1.82) is 0 Å². The Labute approximate surface area is 241 Å². The molecule has 0 radical (unpaired) electrons. The van der Waals surface area contributed by atoms with Crippen LogP contribution in [0.1, 0.15) is 48.1 Å². The van der Waals surface area contributed by atoms with Gasteiger partial charge in [0.05, 0.1) is 19.8 Å². The maximum absolute atomic E-state index is 14.3. The van der Waals surface area contributed by atoms with E-state index < -0.39 is 18.1 Å². The summed E-state index contributed by atoms with van der Waals surface area (Å²) in [4.78, 5) is 29.3. The summed E-state index contributed by atoms with van der Waals surface area (Å²) in [6.07, 6.45) is 0.689. The lowest BCUT2D eigenvalue weighted by atomic mass is 9.91. The van der Waals surface area contributed by atoms with Crippen LogP contribution in [-0.2, 0) is 43.4 Å². The van der Waals surface area contributed by atoms with Crippen LogP contribution in [0.2, 0.25) is 0 Å². The number of amides is 1. The molecular formula is C33H37NO7. The van der Waals surface area contributed by atoms with Gasteiger partial charge in [-0.25, -0.2) is 4.79 Å². The predicted molar refractivity (Wildman–Crippen MR) is 153 cm³/mol. The molecule has 0 spiro atoms. The molecule has 2 atom stereocenters. The van der Waals surface area contributed by atoms with Crippen molar-refractivity contribution in [3.63, 3.8) is 0 Å². The highest BCUT2D eigenvalue weighted by atomic mass is 16.5. The summed E-state index contributed by atoms with van der Waals surface area (Å²) in [5.41, 5.74) is 3.49. The van der Waals surface area contributed by atoms with Crippen LogP contribution in [-0.4, -0.2) is 55.9 Å². The second-order valence-electron chi connectivity index (χ2n) is 10.2. The fraction of sp³-hybridized carbons (Fsp3) is 0.394. The number of fused-ring (bicyclic) bond motifs is 1. The van der Waals surface area contributed by atoms with E-state index in [1.54, 1.807) is 18.9 Å². The van der Waals surface area contributed by atoms with Gasteiger partial charge in [0.25, 0.3) is 5.91 Å². The first-order valence-electron chi connectivity index (χ1n) is 14.2. The van der Waals surface area contributed by atoms with Crippen LogP contribution >= 0.6 is 0 Å².